The first-order valence-electron chi connectivity index (χ1n) is 15.2. The van der Waals surface area contributed by atoms with Crippen molar-refractivity contribution in [3.63, 3.8) is 0 Å². The lowest BCUT2D eigenvalue weighted by atomic mass is 10.1. The van der Waals surface area contributed by atoms with Crippen molar-refractivity contribution in [1.29, 1.82) is 0 Å². The monoisotopic (exact) mass is 607 g/mol. The normalized spacial score (nSPS) is 14.6. The van der Waals surface area contributed by atoms with E-state index in [1.165, 1.54) is 0 Å². The zero-order chi connectivity index (χ0) is 31.6. The minimum absolute atomic E-state index is 0.0914. The molecule has 0 spiro atoms. The summed E-state index contributed by atoms with van der Waals surface area (Å²) in [5, 5.41) is 1.20. The van der Waals surface area contributed by atoms with E-state index in [2.05, 4.69) is 56.6 Å². The molecule has 0 saturated heterocycles. The molecule has 4 rings (SSSR count). The fraction of sp³-hybridized carbons (Fsp3) is 0.529. The third kappa shape index (κ3) is 7.62. The van der Waals surface area contributed by atoms with Crippen molar-refractivity contribution in [1.82, 2.24) is 4.57 Å². The van der Waals surface area contributed by atoms with Gasteiger partial charge in [-0.1, -0.05) is 20.8 Å². The van der Waals surface area contributed by atoms with E-state index in [9.17, 15) is 4.79 Å². The van der Waals surface area contributed by atoms with Gasteiger partial charge in [-0.15, -0.1) is 0 Å². The Balaban J connectivity index is 1.78. The zero-order valence-electron chi connectivity index (χ0n) is 27.7. The molecule has 1 aliphatic heterocycles. The molecule has 43 heavy (non-hydrogen) atoms. The summed E-state index contributed by atoms with van der Waals surface area (Å²) in [5.41, 5.74) is 4.45. The highest BCUT2D eigenvalue weighted by Crippen LogP contribution is 2.38. The van der Waals surface area contributed by atoms with Crippen LogP contribution in [-0.2, 0) is 28.7 Å². The summed E-state index contributed by atoms with van der Waals surface area (Å²) in [4.78, 5) is 20.0. The molecular weight excluding hydrogens is 558 g/mol. The molecule has 3 aromatic rings. The first-order chi connectivity index (χ1) is 20.1. The van der Waals surface area contributed by atoms with Crippen molar-refractivity contribution < 1.29 is 23.4 Å². The number of carbonyl (C=O) groups excluding carboxylic acids is 1. The number of aryl methyl sites for hydroxylation is 1. The summed E-state index contributed by atoms with van der Waals surface area (Å²) in [6.07, 6.45) is 4.42. The van der Waals surface area contributed by atoms with Crippen LogP contribution in [0.3, 0.4) is 0 Å². The van der Waals surface area contributed by atoms with Crippen molar-refractivity contribution in [3.8, 4) is 11.5 Å². The number of hydrogen-bond acceptors (Lipinski definition) is 6. The number of carbonyl (C=O) groups is 1. The maximum atomic E-state index is 13.3. The lowest BCUT2D eigenvalue weighted by molar-refractivity contribution is 0.0580. The van der Waals surface area contributed by atoms with E-state index in [0.717, 1.165) is 64.2 Å². The summed E-state index contributed by atoms with van der Waals surface area (Å²) < 4.78 is 25.5. The van der Waals surface area contributed by atoms with E-state index >= 15 is 0 Å². The molecule has 0 unspecified atom stereocenters. The van der Waals surface area contributed by atoms with Gasteiger partial charge in [0.25, 0.3) is 0 Å². The molecule has 2 heterocycles. The number of anilines is 1. The van der Waals surface area contributed by atoms with Gasteiger partial charge in [0.15, 0.2) is 8.32 Å². The van der Waals surface area contributed by atoms with E-state index in [4.69, 9.17) is 23.6 Å². The van der Waals surface area contributed by atoms with Gasteiger partial charge in [-0.2, -0.15) is 0 Å². The molecule has 234 valence electrons. The van der Waals surface area contributed by atoms with Crippen LogP contribution < -0.4 is 14.4 Å². The predicted octanol–water partition coefficient (Wildman–Crippen LogP) is 8.33. The highest BCUT2D eigenvalue weighted by Gasteiger charge is 2.37. The number of methoxy groups -OCH3 is 2. The smallest absolute Gasteiger partial charge is 0.414 e. The molecule has 1 aromatic heterocycles. The van der Waals surface area contributed by atoms with E-state index < -0.39 is 13.9 Å². The van der Waals surface area contributed by atoms with E-state index in [-0.39, 0.29) is 11.1 Å². The van der Waals surface area contributed by atoms with E-state index in [1.807, 2.05) is 45.3 Å². The van der Waals surface area contributed by atoms with Crippen molar-refractivity contribution in [2.75, 3.05) is 25.7 Å². The largest absolute Gasteiger partial charge is 0.497 e. The number of amides is 1. The Hall–Kier alpha value is -3.30. The fourth-order valence-electron chi connectivity index (χ4n) is 4.95. The van der Waals surface area contributed by atoms with E-state index in [1.54, 1.807) is 19.1 Å². The first-order valence-corrected chi connectivity index (χ1v) is 18.1. The Morgan fingerprint density at radius 1 is 1.00 bits per heavy atom. The molecule has 1 amide bonds. The van der Waals surface area contributed by atoms with Gasteiger partial charge in [0, 0.05) is 29.3 Å². The Kier molecular flexibility index (Phi) is 9.66. The van der Waals surface area contributed by atoms with Gasteiger partial charge < -0.3 is 23.2 Å². The number of aromatic nitrogens is 1. The third-order valence-corrected chi connectivity index (χ3v) is 12.9. The highest BCUT2D eigenvalue weighted by molar-refractivity contribution is 6.74. The Bertz CT molecular complexity index is 1480. The van der Waals surface area contributed by atoms with Crippen LogP contribution in [0.1, 0.15) is 71.2 Å². The van der Waals surface area contributed by atoms with Crippen molar-refractivity contribution in [2.45, 2.75) is 97.7 Å². The maximum absolute atomic E-state index is 13.3. The summed E-state index contributed by atoms with van der Waals surface area (Å²) in [5.74, 6) is 1.47. The first kappa shape index (κ1) is 32.6. The van der Waals surface area contributed by atoms with Crippen LogP contribution in [-0.4, -0.2) is 51.7 Å². The van der Waals surface area contributed by atoms with Crippen LogP contribution in [0, 0.1) is 0 Å². The third-order valence-electron chi connectivity index (χ3n) is 8.44. The van der Waals surface area contributed by atoms with Crippen LogP contribution in [0.15, 0.2) is 41.4 Å². The Morgan fingerprint density at radius 3 is 2.40 bits per heavy atom. The number of aliphatic imine (C=N–C) groups is 1. The highest BCUT2D eigenvalue weighted by atomic mass is 28.4. The number of fused-ring (bicyclic) bond motifs is 2. The average Bonchev–Trinajstić information content (AvgIpc) is 3.11. The van der Waals surface area contributed by atoms with Gasteiger partial charge in [0.2, 0.25) is 0 Å². The molecule has 0 radical (unpaired) electrons. The summed E-state index contributed by atoms with van der Waals surface area (Å²) in [6, 6.07) is 12.3. The van der Waals surface area contributed by atoms with Crippen molar-refractivity contribution in [2.24, 2.45) is 4.99 Å². The van der Waals surface area contributed by atoms with Crippen LogP contribution >= 0.6 is 0 Å². The van der Waals surface area contributed by atoms with Gasteiger partial charge in [-0.3, -0.25) is 9.89 Å². The lowest BCUT2D eigenvalue weighted by Gasteiger charge is -2.36. The molecule has 0 N–H and O–H groups in total. The second-order valence-electron chi connectivity index (χ2n) is 13.8. The molecule has 0 fully saturated rings. The molecule has 0 aliphatic carbocycles. The van der Waals surface area contributed by atoms with Gasteiger partial charge in [0.05, 0.1) is 44.9 Å². The topological polar surface area (TPSA) is 74.5 Å². The molecule has 8 nitrogen and oxygen atoms in total. The number of hydrogen-bond donors (Lipinski definition) is 0. The molecule has 1 aliphatic rings. The SMILES string of the molecule is COc1ccc(CN=Cn2c(CO[Si](C)(C)C(C)(C)C)cc3cc4c(cc32)N(C(=O)OC(C)(C)C)CCCC4)c(OC)c1. The van der Waals surface area contributed by atoms with Crippen LogP contribution in [0.5, 0.6) is 11.5 Å². The second-order valence-corrected chi connectivity index (χ2v) is 18.6. The van der Waals surface area contributed by atoms with Crippen LogP contribution in [0.2, 0.25) is 18.1 Å². The minimum atomic E-state index is -2.00. The van der Waals surface area contributed by atoms with Crippen LogP contribution in [0.25, 0.3) is 10.9 Å². The molecule has 0 bridgehead atoms. The predicted molar refractivity (Wildman–Crippen MR) is 178 cm³/mol. The van der Waals surface area contributed by atoms with E-state index in [0.29, 0.717) is 19.7 Å². The second kappa shape index (κ2) is 12.7. The van der Waals surface area contributed by atoms with Crippen LogP contribution in [0.4, 0.5) is 10.5 Å². The van der Waals surface area contributed by atoms with Gasteiger partial charge >= 0.3 is 6.09 Å². The maximum Gasteiger partial charge on any atom is 0.414 e. The number of ether oxygens (including phenoxy) is 3. The van der Waals surface area contributed by atoms with Crippen molar-refractivity contribution >= 4 is 37.3 Å². The Morgan fingerprint density at radius 2 is 1.74 bits per heavy atom. The number of nitrogens with zero attached hydrogens (tertiary/aromatic N) is 3. The number of benzene rings is 2. The van der Waals surface area contributed by atoms with Crippen molar-refractivity contribution in [3.05, 3.63) is 53.2 Å². The summed E-state index contributed by atoms with van der Waals surface area (Å²) in [6.45, 7) is 18.5. The quantitative estimate of drug-likeness (QED) is 0.146. The molecule has 2 aromatic carbocycles. The lowest BCUT2D eigenvalue weighted by Crippen LogP contribution is -2.40. The number of rotatable bonds is 8. The molecular formula is C34H49N3O5Si. The fourth-order valence-corrected chi connectivity index (χ4v) is 5.90. The summed E-state index contributed by atoms with van der Waals surface area (Å²) >= 11 is 0. The minimum Gasteiger partial charge on any atom is -0.497 e. The molecule has 0 atom stereocenters. The Labute approximate surface area is 258 Å². The molecule has 0 saturated carbocycles. The van der Waals surface area contributed by atoms with Gasteiger partial charge in [-0.25, -0.2) is 4.79 Å². The average molecular weight is 608 g/mol. The zero-order valence-corrected chi connectivity index (χ0v) is 28.7. The van der Waals surface area contributed by atoms with Gasteiger partial charge in [-0.05, 0) is 94.1 Å². The standard InChI is InChI=1S/C34H49N3O5Si/c1-33(2,3)42-32(38)36-16-12-11-13-24-17-26-18-27(22-41-43(9,10)34(4,5)6)37(30(26)20-29(24)36)23-35-21-25-14-15-28(39-7)19-31(25)40-8/h14-15,17-20,23H,11-13,16,21-22H2,1-10H3. The van der Waals surface area contributed by atoms with Gasteiger partial charge in [0.1, 0.15) is 17.1 Å². The molecule has 9 heteroatoms. The summed E-state index contributed by atoms with van der Waals surface area (Å²) in [7, 11) is 1.29.